The predicted octanol–water partition coefficient (Wildman–Crippen LogP) is -2.64. The lowest BCUT2D eigenvalue weighted by molar-refractivity contribution is -0.160. The van der Waals surface area contributed by atoms with E-state index < -0.39 is 138 Å². The minimum Gasteiger partial charge on any atom is -0.455 e. The monoisotopic (exact) mass is 1190 g/mol. The summed E-state index contributed by atoms with van der Waals surface area (Å²) in [7, 11) is -11.1. The molecular formula is C46H59N13O21P2. The molecule has 0 radical (unpaired) electrons. The predicted molar refractivity (Wildman–Crippen MR) is 277 cm³/mol. The van der Waals surface area contributed by atoms with Gasteiger partial charge in [-0.3, -0.25) is 41.4 Å². The van der Waals surface area contributed by atoms with Crippen LogP contribution in [0.5, 0.6) is 0 Å². The van der Waals surface area contributed by atoms with E-state index in [9.17, 15) is 63.3 Å². The van der Waals surface area contributed by atoms with Crippen LogP contribution in [0.1, 0.15) is 49.9 Å². The van der Waals surface area contributed by atoms with Crippen molar-refractivity contribution in [2.24, 2.45) is 0 Å². The quantitative estimate of drug-likeness (QED) is 0.0117. The molecule has 4 aromatic heterocycles. The maximum atomic E-state index is 14.3. The van der Waals surface area contributed by atoms with Crippen LogP contribution in [-0.2, 0) is 67.0 Å². The number of benzene rings is 1. The van der Waals surface area contributed by atoms with Gasteiger partial charge >= 0.3 is 33.0 Å². The number of esters is 1. The average molecular weight is 1190 g/mol. The molecule has 3 fully saturated rings. The number of fused-ring (bicyclic) bond motifs is 1. The minimum absolute atomic E-state index is 0.0265. The Labute approximate surface area is 463 Å². The SMILES string of the molecule is C=CC(=O)NCCCCCC(=O)N[C@@H](Cc1ccccc1)C(=O)O[C@H]1[C@@H](O)[C@H](n2cnc3c(N)ncnc32)O[C@@H]1COP(=O)(O)O[C@H]1[C@@H](O)[C@H](n2ccc(N)nc2=O)O[C@@H]1COP(=O)(O)O[C@H]1[C@@H](O)[C@H](n2ccc(N)nc2=O)O[C@@H]1CO. The molecule has 0 aliphatic carbocycles. The van der Waals surface area contributed by atoms with Crippen LogP contribution in [-0.4, -0.2) is 174 Å². The summed E-state index contributed by atoms with van der Waals surface area (Å²) >= 11 is 0. The van der Waals surface area contributed by atoms with Crippen LogP contribution < -0.4 is 39.2 Å². The Kier molecular flexibility index (Phi) is 19.8. The number of aromatic nitrogens is 8. The summed E-state index contributed by atoms with van der Waals surface area (Å²) < 4.78 is 74.9. The van der Waals surface area contributed by atoms with Crippen LogP contribution in [0.25, 0.3) is 11.2 Å². The molecule has 2 unspecified atom stereocenters. The summed E-state index contributed by atoms with van der Waals surface area (Å²) in [4.78, 5) is 106. The van der Waals surface area contributed by atoms with Gasteiger partial charge in [0.15, 0.2) is 36.3 Å². The van der Waals surface area contributed by atoms with Crippen molar-refractivity contribution < 1.29 is 90.8 Å². The molecule has 3 aliphatic heterocycles. The van der Waals surface area contributed by atoms with Crippen molar-refractivity contribution in [1.29, 1.82) is 0 Å². The van der Waals surface area contributed by atoms with E-state index >= 15 is 0 Å². The number of nitrogens with one attached hydrogen (secondary N) is 2. The number of hydrogen-bond acceptors (Lipinski definition) is 27. The molecule has 444 valence electrons. The van der Waals surface area contributed by atoms with Gasteiger partial charge in [-0.15, -0.1) is 0 Å². The Morgan fingerprint density at radius 1 is 0.744 bits per heavy atom. The molecule has 3 aliphatic rings. The fourth-order valence-corrected chi connectivity index (χ4v) is 11.0. The van der Waals surface area contributed by atoms with Gasteiger partial charge in [-0.05, 0) is 36.6 Å². The number of phosphoric ester groups is 2. The molecule has 5 aromatic rings. The highest BCUT2D eigenvalue weighted by Crippen LogP contribution is 2.52. The lowest BCUT2D eigenvalue weighted by Gasteiger charge is -2.26. The molecule has 1 aromatic carbocycles. The molecule has 36 heteroatoms. The smallest absolute Gasteiger partial charge is 0.455 e. The van der Waals surface area contributed by atoms with E-state index in [4.69, 9.17) is 54.2 Å². The Morgan fingerprint density at radius 3 is 1.87 bits per heavy atom. The fraction of sp³-hybridized carbons (Fsp3) is 0.478. The number of amides is 2. The molecule has 14 N–H and O–H groups in total. The number of imidazole rings is 1. The number of aliphatic hydroxyl groups excluding tert-OH is 4. The molecule has 3 saturated heterocycles. The largest absolute Gasteiger partial charge is 0.472 e. The summed E-state index contributed by atoms with van der Waals surface area (Å²) in [6.45, 7) is 0.604. The number of ether oxygens (including phenoxy) is 4. The van der Waals surface area contributed by atoms with Crippen LogP contribution in [0.3, 0.4) is 0 Å². The van der Waals surface area contributed by atoms with Gasteiger partial charge in [0.05, 0.1) is 26.1 Å². The third-order valence-electron chi connectivity index (χ3n) is 13.1. The van der Waals surface area contributed by atoms with Gasteiger partial charge in [-0.25, -0.2) is 38.5 Å². The highest BCUT2D eigenvalue weighted by atomic mass is 31.2. The number of carbonyl (C=O) groups is 3. The number of unbranched alkanes of at least 4 members (excludes halogenated alkanes) is 2. The second-order valence-electron chi connectivity index (χ2n) is 18.7. The first kappa shape index (κ1) is 61.1. The Hall–Kier alpha value is -6.98. The first-order valence-corrected chi connectivity index (χ1v) is 28.0. The van der Waals surface area contributed by atoms with Crippen molar-refractivity contribution in [3.05, 3.63) is 107 Å². The van der Waals surface area contributed by atoms with E-state index in [0.29, 0.717) is 35.9 Å². The number of nitrogen functional groups attached to an aromatic ring is 3. The third kappa shape index (κ3) is 14.6. The Balaban J connectivity index is 1.00. The molecule has 7 heterocycles. The number of rotatable bonds is 26. The molecule has 2 amide bonds. The first-order valence-electron chi connectivity index (χ1n) is 25.1. The van der Waals surface area contributed by atoms with Gasteiger partial charge in [-0.2, -0.15) is 9.97 Å². The zero-order chi connectivity index (χ0) is 59.0. The van der Waals surface area contributed by atoms with E-state index in [-0.39, 0.29) is 47.4 Å². The number of phosphoric acid groups is 2. The molecule has 34 nitrogen and oxygen atoms in total. The zero-order valence-corrected chi connectivity index (χ0v) is 44.8. The van der Waals surface area contributed by atoms with Gasteiger partial charge in [0.2, 0.25) is 11.8 Å². The van der Waals surface area contributed by atoms with Crippen molar-refractivity contribution in [2.45, 2.75) is 112 Å². The molecule has 0 saturated carbocycles. The van der Waals surface area contributed by atoms with Gasteiger partial charge in [-0.1, -0.05) is 43.3 Å². The van der Waals surface area contributed by atoms with Crippen LogP contribution in [0, 0.1) is 0 Å². The van der Waals surface area contributed by atoms with E-state index in [1.807, 2.05) is 0 Å². The van der Waals surface area contributed by atoms with Crippen LogP contribution in [0.2, 0.25) is 0 Å². The lowest BCUT2D eigenvalue weighted by Crippen LogP contribution is -2.47. The van der Waals surface area contributed by atoms with Crippen molar-refractivity contribution >= 4 is 62.0 Å². The van der Waals surface area contributed by atoms with Gasteiger partial charge in [0.25, 0.3) is 0 Å². The average Bonchev–Trinajstić information content (AvgIpc) is 4.16. The highest BCUT2D eigenvalue weighted by Gasteiger charge is 2.54. The zero-order valence-electron chi connectivity index (χ0n) is 43.0. The molecule has 82 heavy (non-hydrogen) atoms. The highest BCUT2D eigenvalue weighted by molar-refractivity contribution is 7.47. The van der Waals surface area contributed by atoms with E-state index in [1.54, 1.807) is 30.3 Å². The Morgan fingerprint density at radius 2 is 1.29 bits per heavy atom. The number of aliphatic hydroxyl groups is 4. The summed E-state index contributed by atoms with van der Waals surface area (Å²) in [5.41, 5.74) is 15.8. The van der Waals surface area contributed by atoms with E-state index in [0.717, 1.165) is 35.4 Å². The lowest BCUT2D eigenvalue weighted by atomic mass is 10.0. The van der Waals surface area contributed by atoms with Gasteiger partial charge < -0.3 is 77.0 Å². The topological polar surface area (TPSA) is 496 Å². The maximum absolute atomic E-state index is 14.3. The second kappa shape index (κ2) is 26.5. The number of carbonyl (C=O) groups excluding carboxylic acids is 3. The van der Waals surface area contributed by atoms with E-state index in [1.165, 1.54) is 17.0 Å². The number of hydrogen-bond donors (Lipinski definition) is 11. The van der Waals surface area contributed by atoms with Crippen LogP contribution in [0.4, 0.5) is 17.5 Å². The standard InChI is InChI=1S/C46H59N13O21P2/c1-2-30(61)50-14-8-4-7-11-31(62)54-24(17-23-9-5-3-6-10-23)44(66)78-36-26(76-43(33(36)63)59-22-53-32-39(49)51-21-52-40(32)59)19-73-82(71,72)80-38-27(77-42(35(38)65)58-16-13-29(48)56-46(58)68)20-74-81(69,70)79-37-25(18-60)75-41(34(37)64)57-15-12-28(47)55-45(57)67/h2-3,5-6,9-10,12-13,15-16,21-22,24-27,33-38,41-43,60,63-65H,1,4,7-8,11,14,17-20H2,(H,50,61)(H,54,62)(H,69,70)(H,71,72)(H2,47,55,67)(H2,48,56,68)(H2,49,51,52)/t24-,25+,26+,27+,33+,34+,35+,36+,37+,38+,41+,42+,43+/m0/s1. The summed E-state index contributed by atoms with van der Waals surface area (Å²) in [5.74, 6) is -2.44. The Bertz CT molecular complexity index is 3300. The van der Waals surface area contributed by atoms with Gasteiger partial charge in [0.1, 0.15) is 78.4 Å². The third-order valence-corrected chi connectivity index (χ3v) is 15.0. The van der Waals surface area contributed by atoms with Crippen molar-refractivity contribution in [1.82, 2.24) is 49.3 Å². The molecular weight excluding hydrogens is 1130 g/mol. The van der Waals surface area contributed by atoms with Crippen LogP contribution >= 0.6 is 15.6 Å². The summed E-state index contributed by atoms with van der Waals surface area (Å²) in [6.07, 6.45) is -14.9. The minimum atomic E-state index is -5.61. The maximum Gasteiger partial charge on any atom is 0.472 e. The molecule has 15 atom stereocenters. The number of nitrogens with zero attached hydrogens (tertiary/aromatic N) is 8. The first-order chi connectivity index (χ1) is 39.1. The van der Waals surface area contributed by atoms with Crippen molar-refractivity contribution in [2.75, 3.05) is 43.6 Å². The van der Waals surface area contributed by atoms with Gasteiger partial charge in [0, 0.05) is 31.8 Å². The molecule has 8 rings (SSSR count). The molecule has 0 spiro atoms. The van der Waals surface area contributed by atoms with Crippen molar-refractivity contribution in [3.63, 3.8) is 0 Å². The summed E-state index contributed by atoms with van der Waals surface area (Å²) in [5, 5.41) is 50.0. The van der Waals surface area contributed by atoms with Crippen LogP contribution in [0.15, 0.2) is 89.8 Å². The summed E-state index contributed by atoms with van der Waals surface area (Å²) in [6, 6.07) is 9.47. The fourth-order valence-electron chi connectivity index (χ4n) is 9.07. The second-order valence-corrected chi connectivity index (χ2v) is 21.5. The molecule has 0 bridgehead atoms. The number of anilines is 3. The number of nitrogens with two attached hydrogens (primary N) is 3. The van der Waals surface area contributed by atoms with Crippen molar-refractivity contribution in [3.8, 4) is 0 Å². The normalized spacial score (nSPS) is 27.1. The van der Waals surface area contributed by atoms with E-state index in [2.05, 4.69) is 42.1 Å².